The molecule has 0 amide bonds. The van der Waals surface area contributed by atoms with Crippen LogP contribution in [0.25, 0.3) is 0 Å². The third-order valence-electron chi connectivity index (χ3n) is 1.45. The Kier molecular flexibility index (Phi) is 5.71. The molecule has 0 saturated carbocycles. The summed E-state index contributed by atoms with van der Waals surface area (Å²) in [5.74, 6) is -1.67. The zero-order valence-corrected chi connectivity index (χ0v) is 7.28. The van der Waals surface area contributed by atoms with Crippen molar-refractivity contribution in [2.24, 2.45) is 5.73 Å². The van der Waals surface area contributed by atoms with E-state index < -0.39 is 18.2 Å². The van der Waals surface area contributed by atoms with E-state index in [2.05, 4.69) is 0 Å². The molecule has 0 aromatic carbocycles. The fourth-order valence-electron chi connectivity index (χ4n) is 0.822. The van der Waals surface area contributed by atoms with Crippen LogP contribution in [0, 0.1) is 0 Å². The molecule has 5 heteroatoms. The molecule has 0 aromatic heterocycles. The van der Waals surface area contributed by atoms with Gasteiger partial charge in [-0.05, 0) is 6.54 Å². The summed E-state index contributed by atoms with van der Waals surface area (Å²) in [6.45, 7) is 0.270. The fraction of sp³-hybridized carbons (Fsp3) is 0.625. The first kappa shape index (κ1) is 11.8. The van der Waals surface area contributed by atoms with Crippen molar-refractivity contribution in [1.82, 2.24) is 0 Å². The lowest BCUT2D eigenvalue weighted by molar-refractivity contribution is -0.140. The van der Waals surface area contributed by atoms with E-state index in [1.807, 2.05) is 0 Å². The number of rotatable bonds is 7. The molecule has 0 aliphatic rings. The normalized spacial score (nSPS) is 9.62. The Hall–Kier alpha value is -1.23. The number of Topliss-reactive ketones (excluding diaryl/α,β-unsaturated/α-hetero) is 2. The number of carbonyl (C=O) groups excluding carboxylic acids is 2. The maximum absolute atomic E-state index is 10.9. The zero-order chi connectivity index (χ0) is 10.3. The zero-order valence-electron chi connectivity index (χ0n) is 7.28. The molecule has 0 radical (unpaired) electrons. The highest BCUT2D eigenvalue weighted by molar-refractivity contribution is 5.96. The van der Waals surface area contributed by atoms with E-state index in [0.29, 0.717) is 0 Å². The van der Waals surface area contributed by atoms with Gasteiger partial charge in [-0.3, -0.25) is 14.4 Å². The van der Waals surface area contributed by atoms with Gasteiger partial charge in [-0.15, -0.1) is 0 Å². The summed E-state index contributed by atoms with van der Waals surface area (Å²) in [7, 11) is 0. The molecule has 0 rings (SSSR count). The van der Waals surface area contributed by atoms with Gasteiger partial charge in [-0.25, -0.2) is 0 Å². The van der Waals surface area contributed by atoms with Crippen molar-refractivity contribution in [2.45, 2.75) is 25.7 Å². The highest BCUT2D eigenvalue weighted by Gasteiger charge is 2.09. The summed E-state index contributed by atoms with van der Waals surface area (Å²) < 4.78 is 0. The lowest BCUT2D eigenvalue weighted by Crippen LogP contribution is -2.11. The molecule has 0 aliphatic heterocycles. The molecule has 74 valence electrons. The number of carbonyl (C=O) groups is 3. The Morgan fingerprint density at radius 3 is 2.00 bits per heavy atom. The summed E-state index contributed by atoms with van der Waals surface area (Å²) in [6.07, 6.45) is -0.148. The standard InChI is InChI=1S/C8H13NO4/c9-4-3-6(10)1-2-7(11)5-8(12)13/h1-5,9H2,(H,12,13). The number of carboxylic acid groups (broad SMARTS) is 1. The summed E-state index contributed by atoms with van der Waals surface area (Å²) in [6, 6.07) is 0. The van der Waals surface area contributed by atoms with Gasteiger partial charge in [0.1, 0.15) is 18.0 Å². The predicted molar refractivity (Wildman–Crippen MR) is 45.2 cm³/mol. The molecule has 0 fully saturated rings. The summed E-state index contributed by atoms with van der Waals surface area (Å²) >= 11 is 0. The Morgan fingerprint density at radius 1 is 1.00 bits per heavy atom. The SMILES string of the molecule is NCCC(=O)CCC(=O)CC(=O)O. The first-order chi connectivity index (χ1) is 6.06. The summed E-state index contributed by atoms with van der Waals surface area (Å²) in [5, 5.41) is 8.23. The summed E-state index contributed by atoms with van der Waals surface area (Å²) in [4.78, 5) is 31.7. The minimum Gasteiger partial charge on any atom is -0.481 e. The van der Waals surface area contributed by atoms with Crippen molar-refractivity contribution in [3.05, 3.63) is 0 Å². The molecular formula is C8H13NO4. The van der Waals surface area contributed by atoms with Crippen molar-refractivity contribution in [2.75, 3.05) is 6.54 Å². The van der Waals surface area contributed by atoms with Crippen LogP contribution in [0.2, 0.25) is 0 Å². The van der Waals surface area contributed by atoms with Gasteiger partial charge in [-0.1, -0.05) is 0 Å². The van der Waals surface area contributed by atoms with Crippen molar-refractivity contribution < 1.29 is 19.5 Å². The van der Waals surface area contributed by atoms with Crippen LogP contribution in [0.3, 0.4) is 0 Å². The molecular weight excluding hydrogens is 174 g/mol. The highest BCUT2D eigenvalue weighted by atomic mass is 16.4. The third kappa shape index (κ3) is 7.14. The highest BCUT2D eigenvalue weighted by Crippen LogP contribution is 1.98. The third-order valence-corrected chi connectivity index (χ3v) is 1.45. The first-order valence-electron chi connectivity index (χ1n) is 4.01. The van der Waals surface area contributed by atoms with Crippen LogP contribution in [0.4, 0.5) is 0 Å². The lowest BCUT2D eigenvalue weighted by Gasteiger charge is -1.97. The molecule has 3 N–H and O–H groups in total. The van der Waals surface area contributed by atoms with Gasteiger partial charge in [0.05, 0.1) is 0 Å². The molecule has 0 spiro atoms. The van der Waals surface area contributed by atoms with E-state index in [-0.39, 0.29) is 31.6 Å². The van der Waals surface area contributed by atoms with Gasteiger partial charge >= 0.3 is 5.97 Å². The van der Waals surface area contributed by atoms with Gasteiger partial charge in [0, 0.05) is 19.3 Å². The smallest absolute Gasteiger partial charge is 0.310 e. The molecule has 0 aromatic rings. The van der Waals surface area contributed by atoms with Crippen LogP contribution in [-0.2, 0) is 14.4 Å². The van der Waals surface area contributed by atoms with Gasteiger partial charge in [-0.2, -0.15) is 0 Å². The number of hydrogen-bond donors (Lipinski definition) is 2. The van der Waals surface area contributed by atoms with Crippen molar-refractivity contribution in [1.29, 1.82) is 0 Å². The van der Waals surface area contributed by atoms with Crippen LogP contribution in [0.5, 0.6) is 0 Å². The number of carboxylic acids is 1. The summed E-state index contributed by atoms with van der Waals surface area (Å²) in [5.41, 5.74) is 5.12. The lowest BCUT2D eigenvalue weighted by atomic mass is 10.1. The number of nitrogens with two attached hydrogens (primary N) is 1. The van der Waals surface area contributed by atoms with Gasteiger partial charge < -0.3 is 10.8 Å². The molecule has 13 heavy (non-hydrogen) atoms. The second-order valence-electron chi connectivity index (χ2n) is 2.69. The van der Waals surface area contributed by atoms with Crippen molar-refractivity contribution in [3.63, 3.8) is 0 Å². The minimum atomic E-state index is -1.16. The van der Waals surface area contributed by atoms with Crippen molar-refractivity contribution >= 4 is 17.5 Å². The molecule has 0 atom stereocenters. The molecule has 5 nitrogen and oxygen atoms in total. The fourth-order valence-corrected chi connectivity index (χ4v) is 0.822. The monoisotopic (exact) mass is 187 g/mol. The Morgan fingerprint density at radius 2 is 1.54 bits per heavy atom. The van der Waals surface area contributed by atoms with Crippen molar-refractivity contribution in [3.8, 4) is 0 Å². The Labute approximate surface area is 75.9 Å². The maximum atomic E-state index is 10.9. The second kappa shape index (κ2) is 6.30. The predicted octanol–water partition coefficient (Wildman–Crippen LogP) is -0.272. The molecule has 0 unspecified atom stereocenters. The van der Waals surface area contributed by atoms with Crippen LogP contribution in [0.1, 0.15) is 25.7 Å². The number of aliphatic carboxylic acids is 1. The molecule has 0 saturated heterocycles. The average Bonchev–Trinajstić information content (AvgIpc) is 2.00. The quantitative estimate of drug-likeness (QED) is 0.534. The number of hydrogen-bond acceptors (Lipinski definition) is 4. The Balaban J connectivity index is 3.58. The molecule has 0 heterocycles. The van der Waals surface area contributed by atoms with E-state index in [4.69, 9.17) is 10.8 Å². The second-order valence-corrected chi connectivity index (χ2v) is 2.69. The average molecular weight is 187 g/mol. The van der Waals surface area contributed by atoms with Gasteiger partial charge in [0.2, 0.25) is 0 Å². The van der Waals surface area contributed by atoms with Gasteiger partial charge in [0.15, 0.2) is 0 Å². The van der Waals surface area contributed by atoms with Crippen LogP contribution in [-0.4, -0.2) is 29.2 Å². The van der Waals surface area contributed by atoms with Gasteiger partial charge in [0.25, 0.3) is 0 Å². The largest absolute Gasteiger partial charge is 0.481 e. The van der Waals surface area contributed by atoms with E-state index in [1.54, 1.807) is 0 Å². The Bertz CT molecular complexity index is 212. The minimum absolute atomic E-state index is 0.00509. The first-order valence-corrected chi connectivity index (χ1v) is 4.01. The van der Waals surface area contributed by atoms with Crippen LogP contribution >= 0.6 is 0 Å². The van der Waals surface area contributed by atoms with Crippen LogP contribution < -0.4 is 5.73 Å². The number of ketones is 2. The van der Waals surface area contributed by atoms with Crippen LogP contribution in [0.15, 0.2) is 0 Å². The molecule has 0 aliphatic carbocycles. The topological polar surface area (TPSA) is 97.5 Å². The van der Waals surface area contributed by atoms with E-state index in [0.717, 1.165) is 0 Å². The van der Waals surface area contributed by atoms with E-state index >= 15 is 0 Å². The van der Waals surface area contributed by atoms with E-state index in [1.165, 1.54) is 0 Å². The van der Waals surface area contributed by atoms with E-state index in [9.17, 15) is 14.4 Å². The maximum Gasteiger partial charge on any atom is 0.310 e. The molecule has 0 bridgehead atoms.